The molecular formula is C25H28N6O2. The predicted octanol–water partition coefficient (Wildman–Crippen LogP) is 3.63. The Balaban J connectivity index is 1.41. The fourth-order valence-corrected chi connectivity index (χ4v) is 4.59. The van der Waals surface area contributed by atoms with Gasteiger partial charge >= 0.3 is 0 Å². The lowest BCUT2D eigenvalue weighted by Gasteiger charge is -2.47. The summed E-state index contributed by atoms with van der Waals surface area (Å²) in [5.41, 5.74) is 3.77. The summed E-state index contributed by atoms with van der Waals surface area (Å²) in [6.45, 7) is 2.30. The van der Waals surface area contributed by atoms with Crippen molar-refractivity contribution >= 4 is 23.1 Å². The van der Waals surface area contributed by atoms with Crippen LogP contribution in [-0.2, 0) is 4.74 Å². The molecule has 1 amide bonds. The lowest BCUT2D eigenvalue weighted by Crippen LogP contribution is -2.62. The molecule has 0 aliphatic carbocycles. The normalized spacial score (nSPS) is 20.9. The quantitative estimate of drug-likeness (QED) is 0.523. The number of aliphatic imine (C=N–C) groups is 1. The number of benzene rings is 2. The molecule has 33 heavy (non-hydrogen) atoms. The van der Waals surface area contributed by atoms with E-state index < -0.39 is 5.54 Å². The molecule has 2 aliphatic heterocycles. The number of carbonyl (C=O) groups is 1. The second-order valence-corrected chi connectivity index (χ2v) is 8.46. The Kier molecular flexibility index (Phi) is 5.83. The summed E-state index contributed by atoms with van der Waals surface area (Å²) in [5, 5.41) is 14.5. The van der Waals surface area contributed by atoms with E-state index in [-0.39, 0.29) is 5.91 Å². The summed E-state index contributed by atoms with van der Waals surface area (Å²) in [4.78, 5) is 20.1. The van der Waals surface area contributed by atoms with Gasteiger partial charge in [0.2, 0.25) is 0 Å². The van der Waals surface area contributed by atoms with Crippen LogP contribution < -0.4 is 10.6 Å². The zero-order chi connectivity index (χ0) is 22.7. The lowest BCUT2D eigenvalue weighted by atomic mass is 9.85. The predicted molar refractivity (Wildman–Crippen MR) is 130 cm³/mol. The molecule has 3 N–H and O–H groups in total. The summed E-state index contributed by atoms with van der Waals surface area (Å²) in [7, 11) is 1.67. The molecule has 5 rings (SSSR count). The summed E-state index contributed by atoms with van der Waals surface area (Å²) < 4.78 is 5.20. The highest BCUT2D eigenvalue weighted by molar-refractivity contribution is 6.10. The smallest absolute Gasteiger partial charge is 0.271 e. The van der Waals surface area contributed by atoms with Gasteiger partial charge in [-0.3, -0.25) is 14.9 Å². The zero-order valence-corrected chi connectivity index (χ0v) is 18.7. The molecule has 1 unspecified atom stereocenters. The highest BCUT2D eigenvalue weighted by Crippen LogP contribution is 2.36. The van der Waals surface area contributed by atoms with Crippen LogP contribution in [0.15, 0.2) is 65.7 Å². The van der Waals surface area contributed by atoms with Crippen LogP contribution in [0.3, 0.4) is 0 Å². The third kappa shape index (κ3) is 4.21. The van der Waals surface area contributed by atoms with E-state index in [1.165, 1.54) is 0 Å². The molecule has 0 bridgehead atoms. The first-order valence-electron chi connectivity index (χ1n) is 11.3. The van der Waals surface area contributed by atoms with Crippen LogP contribution in [0.5, 0.6) is 0 Å². The molecule has 3 aromatic rings. The summed E-state index contributed by atoms with van der Waals surface area (Å²) in [6.07, 6.45) is 1.74. The van der Waals surface area contributed by atoms with E-state index >= 15 is 0 Å². The maximum absolute atomic E-state index is 13.4. The van der Waals surface area contributed by atoms with E-state index in [9.17, 15) is 4.79 Å². The summed E-state index contributed by atoms with van der Waals surface area (Å²) >= 11 is 0. The largest absolute Gasteiger partial charge is 0.383 e. The van der Waals surface area contributed by atoms with Gasteiger partial charge < -0.3 is 20.3 Å². The summed E-state index contributed by atoms with van der Waals surface area (Å²) in [5.74, 6) is 0.797. The minimum absolute atomic E-state index is 0.0549. The van der Waals surface area contributed by atoms with Gasteiger partial charge in [-0.05, 0) is 31.0 Å². The fraction of sp³-hybridized carbons (Fsp3) is 0.320. The van der Waals surface area contributed by atoms with Crippen LogP contribution in [-0.4, -0.2) is 65.7 Å². The van der Waals surface area contributed by atoms with Crippen molar-refractivity contribution in [2.45, 2.75) is 18.4 Å². The second kappa shape index (κ2) is 9.07. The van der Waals surface area contributed by atoms with Gasteiger partial charge in [0.05, 0.1) is 36.8 Å². The SMILES string of the molecule is COCCN=C1Nc2ccccc2NC12CCCN(C(=O)c1cc(-c3ccccc3)n[nH]1)C2. The third-order valence-electron chi connectivity index (χ3n) is 6.23. The molecule has 3 heterocycles. The number of ether oxygens (including phenoxy) is 1. The highest BCUT2D eigenvalue weighted by atomic mass is 16.5. The lowest BCUT2D eigenvalue weighted by molar-refractivity contribution is 0.0688. The first kappa shape index (κ1) is 21.2. The summed E-state index contributed by atoms with van der Waals surface area (Å²) in [6, 6.07) is 19.8. The van der Waals surface area contributed by atoms with E-state index in [4.69, 9.17) is 9.73 Å². The van der Waals surface area contributed by atoms with Gasteiger partial charge in [-0.2, -0.15) is 5.10 Å². The Labute approximate surface area is 193 Å². The average molecular weight is 445 g/mol. The minimum Gasteiger partial charge on any atom is -0.383 e. The Bertz CT molecular complexity index is 1160. The number of para-hydroxylation sites is 2. The number of H-pyrrole nitrogens is 1. The average Bonchev–Trinajstić information content (AvgIpc) is 3.35. The monoisotopic (exact) mass is 444 g/mol. The van der Waals surface area contributed by atoms with Crippen LogP contribution in [0.25, 0.3) is 11.3 Å². The first-order chi connectivity index (χ1) is 16.2. The van der Waals surface area contributed by atoms with Crippen LogP contribution in [0.2, 0.25) is 0 Å². The Morgan fingerprint density at radius 3 is 2.76 bits per heavy atom. The second-order valence-electron chi connectivity index (χ2n) is 8.46. The minimum atomic E-state index is -0.474. The van der Waals surface area contributed by atoms with Crippen LogP contribution in [0.4, 0.5) is 11.4 Å². The fourth-order valence-electron chi connectivity index (χ4n) is 4.59. The number of likely N-dealkylation sites (tertiary alicyclic amines) is 1. The number of hydrogen-bond donors (Lipinski definition) is 3. The van der Waals surface area contributed by atoms with Crippen molar-refractivity contribution in [2.24, 2.45) is 4.99 Å². The maximum atomic E-state index is 13.4. The van der Waals surface area contributed by atoms with Crippen LogP contribution >= 0.6 is 0 Å². The molecule has 2 aliphatic rings. The van der Waals surface area contributed by atoms with Crippen molar-refractivity contribution in [2.75, 3.05) is 44.0 Å². The molecule has 1 fully saturated rings. The van der Waals surface area contributed by atoms with Gasteiger partial charge in [-0.15, -0.1) is 0 Å². The van der Waals surface area contributed by atoms with Gasteiger partial charge in [0, 0.05) is 19.2 Å². The van der Waals surface area contributed by atoms with Crippen molar-refractivity contribution in [3.63, 3.8) is 0 Å². The van der Waals surface area contributed by atoms with E-state index in [1.807, 2.05) is 59.5 Å². The van der Waals surface area contributed by atoms with E-state index in [1.54, 1.807) is 7.11 Å². The highest BCUT2D eigenvalue weighted by Gasteiger charge is 2.44. The number of amides is 1. The molecule has 170 valence electrons. The van der Waals surface area contributed by atoms with Crippen molar-refractivity contribution < 1.29 is 9.53 Å². The van der Waals surface area contributed by atoms with E-state index in [0.717, 1.165) is 41.3 Å². The molecule has 0 saturated carbocycles. The van der Waals surface area contributed by atoms with Crippen LogP contribution in [0.1, 0.15) is 23.3 Å². The maximum Gasteiger partial charge on any atom is 0.271 e. The van der Waals surface area contributed by atoms with E-state index in [2.05, 4.69) is 26.9 Å². The number of fused-ring (bicyclic) bond motifs is 1. The number of methoxy groups -OCH3 is 1. The molecule has 1 atom stereocenters. The van der Waals surface area contributed by atoms with Gasteiger partial charge in [0.1, 0.15) is 17.1 Å². The Morgan fingerprint density at radius 1 is 1.15 bits per heavy atom. The number of piperidine rings is 1. The number of anilines is 2. The molecule has 1 aromatic heterocycles. The number of aromatic nitrogens is 2. The zero-order valence-electron chi connectivity index (χ0n) is 18.7. The van der Waals surface area contributed by atoms with Crippen molar-refractivity contribution in [3.8, 4) is 11.3 Å². The van der Waals surface area contributed by atoms with Gasteiger partial charge in [0.25, 0.3) is 5.91 Å². The van der Waals surface area contributed by atoms with Gasteiger partial charge in [-0.1, -0.05) is 42.5 Å². The Morgan fingerprint density at radius 2 is 1.94 bits per heavy atom. The van der Waals surface area contributed by atoms with Gasteiger partial charge in [-0.25, -0.2) is 0 Å². The standard InChI is InChI=1S/C25H28N6O2/c1-33-15-13-26-24-25(28-20-11-6-5-10-19(20)27-24)12-7-14-31(17-25)23(32)22-16-21(29-30-22)18-8-3-2-4-9-18/h2-6,8-11,16,28H,7,12-15,17H2,1H3,(H,26,27)(H,29,30). The number of nitrogens with zero attached hydrogens (tertiary/aromatic N) is 3. The number of aromatic amines is 1. The van der Waals surface area contributed by atoms with Crippen LogP contribution in [0, 0.1) is 0 Å². The number of hydrogen-bond acceptors (Lipinski definition) is 5. The molecule has 1 spiro atoms. The molecule has 1 saturated heterocycles. The molecule has 2 aromatic carbocycles. The van der Waals surface area contributed by atoms with Crippen molar-refractivity contribution in [1.82, 2.24) is 15.1 Å². The Hall–Kier alpha value is -3.65. The number of carbonyl (C=O) groups excluding carboxylic acids is 1. The molecule has 8 nitrogen and oxygen atoms in total. The molecule has 0 radical (unpaired) electrons. The molecule has 8 heteroatoms. The number of nitrogens with one attached hydrogen (secondary N) is 3. The van der Waals surface area contributed by atoms with Crippen molar-refractivity contribution in [1.29, 1.82) is 0 Å². The van der Waals surface area contributed by atoms with Gasteiger partial charge in [0.15, 0.2) is 0 Å². The number of rotatable bonds is 5. The third-order valence-corrected chi connectivity index (χ3v) is 6.23. The first-order valence-corrected chi connectivity index (χ1v) is 11.3. The number of amidine groups is 1. The van der Waals surface area contributed by atoms with E-state index in [0.29, 0.717) is 31.9 Å². The molecular weight excluding hydrogens is 416 g/mol. The topological polar surface area (TPSA) is 94.6 Å². The van der Waals surface area contributed by atoms with Crippen molar-refractivity contribution in [3.05, 3.63) is 66.4 Å².